The molecule has 0 saturated carbocycles. The first-order valence-corrected chi connectivity index (χ1v) is 4.84. The van der Waals surface area contributed by atoms with Crippen LogP contribution >= 0.6 is 0 Å². The van der Waals surface area contributed by atoms with E-state index in [2.05, 4.69) is 4.98 Å². The molecule has 1 aromatic carbocycles. The number of aromatic carboxylic acids is 2. The second-order valence-electron chi connectivity index (χ2n) is 3.54. The molecule has 0 N–H and O–H groups in total. The Morgan fingerprint density at radius 2 is 1.53 bits per heavy atom. The number of carbonyl (C=O) groups is 2. The van der Waals surface area contributed by atoms with Crippen molar-refractivity contribution in [2.24, 2.45) is 0 Å². The van der Waals surface area contributed by atoms with Crippen molar-refractivity contribution in [3.63, 3.8) is 0 Å². The molecule has 0 aliphatic carbocycles. The fourth-order valence-corrected chi connectivity index (χ4v) is 1.80. The Labute approximate surface area is 153 Å². The molecule has 0 atom stereocenters. The molecule has 0 radical (unpaired) electrons. The van der Waals surface area contributed by atoms with Crippen LogP contribution in [0.2, 0.25) is 0 Å². The number of pyridine rings is 1. The van der Waals surface area contributed by atoms with Crippen molar-refractivity contribution >= 4 is 22.8 Å². The van der Waals surface area contributed by atoms with Crippen LogP contribution in [0.5, 0.6) is 0 Å². The average molecular weight is 275 g/mol. The molecule has 2 aromatic rings. The number of benzene rings is 1. The Kier molecular flexibility index (Phi) is 7.21. The maximum Gasteiger partial charge on any atom is 1.00 e. The van der Waals surface area contributed by atoms with Gasteiger partial charge < -0.3 is 19.8 Å². The van der Waals surface area contributed by atoms with Gasteiger partial charge in [0, 0.05) is 22.2 Å². The summed E-state index contributed by atoms with van der Waals surface area (Å²) in [5, 5.41) is 22.2. The van der Waals surface area contributed by atoms with Crippen LogP contribution in [0.25, 0.3) is 10.9 Å². The van der Waals surface area contributed by atoms with Crippen LogP contribution in [0.4, 0.5) is 0 Å². The van der Waals surface area contributed by atoms with Crippen LogP contribution in [0, 0.1) is 6.92 Å². The Hall–Kier alpha value is -0.430. The summed E-state index contributed by atoms with van der Waals surface area (Å²) in [6.07, 6.45) is 0. The van der Waals surface area contributed by atoms with Crippen LogP contribution < -0.4 is 69.3 Å². The van der Waals surface area contributed by atoms with Crippen molar-refractivity contribution in [1.29, 1.82) is 0 Å². The summed E-state index contributed by atoms with van der Waals surface area (Å²) in [6.45, 7) is 1.42. The molecule has 0 saturated heterocycles. The quantitative estimate of drug-likeness (QED) is 0.508. The Bertz CT molecular complexity index is 643. The SMILES string of the molecule is Cc1nc2ccccc2c(C(=O)[O-])c1C(=O)[O-].[Na+].[Na+]. The maximum absolute atomic E-state index is 11.1. The standard InChI is InChI=1S/C12H9NO4.2Na/c1-6-9(11(14)15)10(12(16)17)7-4-2-3-5-8(7)13-6;;/h2-5H,1H3,(H,14,15)(H,16,17);;/q;2*+1/p-2. The van der Waals surface area contributed by atoms with Crippen molar-refractivity contribution in [2.45, 2.75) is 6.92 Å². The molecule has 2 rings (SSSR count). The maximum atomic E-state index is 11.1. The topological polar surface area (TPSA) is 93.2 Å². The largest absolute Gasteiger partial charge is 1.00 e. The van der Waals surface area contributed by atoms with Crippen molar-refractivity contribution in [2.75, 3.05) is 0 Å². The van der Waals surface area contributed by atoms with Gasteiger partial charge in [0.2, 0.25) is 0 Å². The fraction of sp³-hybridized carbons (Fsp3) is 0.0833. The molecule has 1 heterocycles. The number of carbonyl (C=O) groups excluding carboxylic acids is 2. The van der Waals surface area contributed by atoms with Crippen molar-refractivity contribution in [3.8, 4) is 0 Å². The Morgan fingerprint density at radius 1 is 1.00 bits per heavy atom. The van der Waals surface area contributed by atoms with Gasteiger partial charge >= 0.3 is 59.1 Å². The van der Waals surface area contributed by atoms with E-state index in [0.717, 1.165) is 0 Å². The third-order valence-corrected chi connectivity index (χ3v) is 2.48. The second kappa shape index (κ2) is 7.38. The average Bonchev–Trinajstić information content (AvgIpc) is 2.26. The number of fused-ring (bicyclic) bond motifs is 1. The van der Waals surface area contributed by atoms with Crippen LogP contribution in [-0.2, 0) is 0 Å². The molecule has 0 aliphatic heterocycles. The van der Waals surface area contributed by atoms with Gasteiger partial charge in [-0.25, -0.2) is 0 Å². The van der Waals surface area contributed by atoms with Gasteiger partial charge in [-0.2, -0.15) is 0 Å². The van der Waals surface area contributed by atoms with Gasteiger partial charge in [-0.15, -0.1) is 0 Å². The number of aryl methyl sites for hydroxylation is 1. The summed E-state index contributed by atoms with van der Waals surface area (Å²) in [5.41, 5.74) is -0.297. The first-order valence-electron chi connectivity index (χ1n) is 4.84. The summed E-state index contributed by atoms with van der Waals surface area (Å²) in [5.74, 6) is -3.12. The van der Waals surface area contributed by atoms with Crippen molar-refractivity contribution < 1.29 is 78.9 Å². The molecule has 1 aromatic heterocycles. The van der Waals surface area contributed by atoms with E-state index in [1.54, 1.807) is 18.2 Å². The third-order valence-electron chi connectivity index (χ3n) is 2.48. The molecule has 7 heteroatoms. The Balaban J connectivity index is 0.00000162. The van der Waals surface area contributed by atoms with Gasteiger partial charge in [0.15, 0.2) is 0 Å². The van der Waals surface area contributed by atoms with Gasteiger partial charge in [0.25, 0.3) is 0 Å². The minimum absolute atomic E-state index is 0. The zero-order valence-corrected chi connectivity index (χ0v) is 14.9. The molecule has 0 amide bonds. The minimum atomic E-state index is -1.57. The smallest absolute Gasteiger partial charge is 0.545 e. The number of aromatic nitrogens is 1. The van der Waals surface area contributed by atoms with E-state index in [0.29, 0.717) is 5.52 Å². The fourth-order valence-electron chi connectivity index (χ4n) is 1.80. The first kappa shape index (κ1) is 18.6. The number of carboxylic acids is 2. The van der Waals surface area contributed by atoms with Gasteiger partial charge in [0.1, 0.15) is 0 Å². The third kappa shape index (κ3) is 3.56. The predicted octanol–water partition coefficient (Wildman–Crippen LogP) is -6.72. The van der Waals surface area contributed by atoms with Gasteiger partial charge in [0.05, 0.1) is 17.5 Å². The first-order chi connectivity index (χ1) is 8.02. The molecular formula is C12H7NNa2O4. The monoisotopic (exact) mass is 275 g/mol. The van der Waals surface area contributed by atoms with Crippen LogP contribution in [-0.4, -0.2) is 16.9 Å². The summed E-state index contributed by atoms with van der Waals surface area (Å²) < 4.78 is 0. The molecular weight excluding hydrogens is 268 g/mol. The minimum Gasteiger partial charge on any atom is -0.545 e. The van der Waals surface area contributed by atoms with E-state index < -0.39 is 17.5 Å². The van der Waals surface area contributed by atoms with Crippen molar-refractivity contribution in [3.05, 3.63) is 41.1 Å². The molecule has 0 fully saturated rings. The van der Waals surface area contributed by atoms with E-state index in [1.807, 2.05) is 0 Å². The number of para-hydroxylation sites is 1. The van der Waals surface area contributed by atoms with E-state index in [1.165, 1.54) is 13.0 Å². The molecule has 0 spiro atoms. The van der Waals surface area contributed by atoms with E-state index in [9.17, 15) is 19.8 Å². The summed E-state index contributed by atoms with van der Waals surface area (Å²) >= 11 is 0. The van der Waals surface area contributed by atoms with Gasteiger partial charge in [-0.3, -0.25) is 4.98 Å². The molecule has 0 unspecified atom stereocenters. The second-order valence-corrected chi connectivity index (χ2v) is 3.54. The molecule has 0 aliphatic rings. The zero-order chi connectivity index (χ0) is 12.6. The van der Waals surface area contributed by atoms with E-state index >= 15 is 0 Å². The number of hydrogen-bond donors (Lipinski definition) is 0. The number of nitrogens with zero attached hydrogens (tertiary/aromatic N) is 1. The molecule has 5 nitrogen and oxygen atoms in total. The van der Waals surface area contributed by atoms with Gasteiger partial charge in [-0.05, 0) is 13.0 Å². The molecule has 86 valence electrons. The number of hydrogen-bond acceptors (Lipinski definition) is 5. The van der Waals surface area contributed by atoms with Crippen molar-refractivity contribution in [1.82, 2.24) is 4.98 Å². The summed E-state index contributed by atoms with van der Waals surface area (Å²) in [4.78, 5) is 26.0. The van der Waals surface area contributed by atoms with Gasteiger partial charge in [-0.1, -0.05) is 18.2 Å². The Morgan fingerprint density at radius 3 is 2.05 bits per heavy atom. The molecule has 19 heavy (non-hydrogen) atoms. The number of rotatable bonds is 2. The van der Waals surface area contributed by atoms with Crippen LogP contribution in [0.15, 0.2) is 24.3 Å². The summed E-state index contributed by atoms with van der Waals surface area (Å²) in [7, 11) is 0. The number of carboxylic acid groups (broad SMARTS) is 2. The molecule has 0 bridgehead atoms. The van der Waals surface area contributed by atoms with E-state index in [-0.39, 0.29) is 75.8 Å². The zero-order valence-electron chi connectivity index (χ0n) is 10.9. The summed E-state index contributed by atoms with van der Waals surface area (Å²) in [6, 6.07) is 6.38. The normalized spacial score (nSPS) is 9.32. The predicted molar refractivity (Wildman–Crippen MR) is 55.1 cm³/mol. The van der Waals surface area contributed by atoms with Crippen LogP contribution in [0.1, 0.15) is 26.4 Å². The van der Waals surface area contributed by atoms with Crippen LogP contribution in [0.3, 0.4) is 0 Å². The van der Waals surface area contributed by atoms with E-state index in [4.69, 9.17) is 0 Å².